The predicted octanol–water partition coefficient (Wildman–Crippen LogP) is 2.90. The zero-order chi connectivity index (χ0) is 10.5. The largest absolute Gasteiger partial charge is 0.466 e. The van der Waals surface area contributed by atoms with Crippen molar-refractivity contribution in [2.75, 3.05) is 6.54 Å². The van der Waals surface area contributed by atoms with Gasteiger partial charge in [0.2, 0.25) is 0 Å². The fourth-order valence-electron chi connectivity index (χ4n) is 2.48. The van der Waals surface area contributed by atoms with Crippen LogP contribution in [0.3, 0.4) is 0 Å². The summed E-state index contributed by atoms with van der Waals surface area (Å²) in [5.74, 6) is 3.06. The standard InChI is InChI=1S/C13H21NO/c14-9-8-12-6-7-13(15-12)10-11-4-2-1-3-5-11/h6-7,11H,1-5,8-10,14H2. The van der Waals surface area contributed by atoms with Gasteiger partial charge in [-0.3, -0.25) is 0 Å². The molecule has 84 valence electrons. The maximum atomic E-state index is 5.75. The van der Waals surface area contributed by atoms with Gasteiger partial charge in [0.05, 0.1) is 0 Å². The summed E-state index contributed by atoms with van der Waals surface area (Å²) in [6.07, 6.45) is 8.99. The van der Waals surface area contributed by atoms with E-state index in [9.17, 15) is 0 Å². The molecule has 2 nitrogen and oxygen atoms in total. The molecule has 1 aromatic heterocycles. The van der Waals surface area contributed by atoms with Crippen LogP contribution >= 0.6 is 0 Å². The minimum atomic E-state index is 0.677. The van der Waals surface area contributed by atoms with E-state index < -0.39 is 0 Å². The van der Waals surface area contributed by atoms with Crippen LogP contribution in [-0.4, -0.2) is 6.54 Å². The van der Waals surface area contributed by atoms with Gasteiger partial charge in [0.1, 0.15) is 11.5 Å². The minimum Gasteiger partial charge on any atom is -0.466 e. The Morgan fingerprint density at radius 2 is 1.87 bits per heavy atom. The molecule has 15 heavy (non-hydrogen) atoms. The van der Waals surface area contributed by atoms with E-state index in [2.05, 4.69) is 12.1 Å². The Bertz CT molecular complexity index is 286. The quantitative estimate of drug-likeness (QED) is 0.824. The highest BCUT2D eigenvalue weighted by atomic mass is 16.3. The van der Waals surface area contributed by atoms with Crippen molar-refractivity contribution in [1.29, 1.82) is 0 Å². The van der Waals surface area contributed by atoms with Gasteiger partial charge in [-0.2, -0.15) is 0 Å². The van der Waals surface area contributed by atoms with Crippen LogP contribution in [0.1, 0.15) is 43.6 Å². The third kappa shape index (κ3) is 3.10. The monoisotopic (exact) mass is 207 g/mol. The third-order valence-electron chi connectivity index (χ3n) is 3.32. The molecule has 1 aromatic rings. The Balaban J connectivity index is 1.86. The molecule has 0 bridgehead atoms. The van der Waals surface area contributed by atoms with Crippen molar-refractivity contribution in [2.24, 2.45) is 11.7 Å². The highest BCUT2D eigenvalue weighted by Gasteiger charge is 2.15. The number of hydrogen-bond donors (Lipinski definition) is 1. The SMILES string of the molecule is NCCc1ccc(CC2CCCCC2)o1. The lowest BCUT2D eigenvalue weighted by atomic mass is 9.86. The zero-order valence-corrected chi connectivity index (χ0v) is 9.37. The van der Waals surface area contributed by atoms with Crippen molar-refractivity contribution in [3.63, 3.8) is 0 Å². The van der Waals surface area contributed by atoms with Crippen molar-refractivity contribution in [3.05, 3.63) is 23.7 Å². The second-order valence-corrected chi connectivity index (χ2v) is 4.61. The van der Waals surface area contributed by atoms with Crippen LogP contribution < -0.4 is 5.73 Å². The molecule has 0 amide bonds. The molecule has 0 atom stereocenters. The maximum absolute atomic E-state index is 5.75. The van der Waals surface area contributed by atoms with E-state index in [1.165, 1.54) is 32.1 Å². The number of nitrogens with two attached hydrogens (primary N) is 1. The Morgan fingerprint density at radius 3 is 2.60 bits per heavy atom. The first-order chi connectivity index (χ1) is 7.38. The van der Waals surface area contributed by atoms with Gasteiger partial charge in [0.15, 0.2) is 0 Å². The number of furan rings is 1. The lowest BCUT2D eigenvalue weighted by molar-refractivity contribution is 0.329. The second-order valence-electron chi connectivity index (χ2n) is 4.61. The van der Waals surface area contributed by atoms with Gasteiger partial charge >= 0.3 is 0 Å². The summed E-state index contributed by atoms with van der Waals surface area (Å²) in [5, 5.41) is 0. The van der Waals surface area contributed by atoms with Crippen LogP contribution in [0.4, 0.5) is 0 Å². The summed E-state index contributed by atoms with van der Waals surface area (Å²) in [6, 6.07) is 4.20. The van der Waals surface area contributed by atoms with E-state index in [0.29, 0.717) is 6.54 Å². The van der Waals surface area contributed by atoms with Crippen LogP contribution in [0.2, 0.25) is 0 Å². The van der Waals surface area contributed by atoms with Crippen LogP contribution in [0.25, 0.3) is 0 Å². The average molecular weight is 207 g/mol. The lowest BCUT2D eigenvalue weighted by Crippen LogP contribution is -2.08. The summed E-state index contributed by atoms with van der Waals surface area (Å²) in [5.41, 5.74) is 5.49. The molecule has 1 fully saturated rings. The van der Waals surface area contributed by atoms with Crippen LogP contribution in [0, 0.1) is 5.92 Å². The van der Waals surface area contributed by atoms with Crippen LogP contribution in [0.5, 0.6) is 0 Å². The highest BCUT2D eigenvalue weighted by Crippen LogP contribution is 2.27. The molecule has 0 unspecified atom stereocenters. The molecule has 0 spiro atoms. The average Bonchev–Trinajstić information content (AvgIpc) is 2.68. The fraction of sp³-hybridized carbons (Fsp3) is 0.692. The van der Waals surface area contributed by atoms with Crippen molar-refractivity contribution in [2.45, 2.75) is 44.9 Å². The van der Waals surface area contributed by atoms with Gasteiger partial charge in [0.25, 0.3) is 0 Å². The molecule has 1 heterocycles. The number of hydrogen-bond acceptors (Lipinski definition) is 2. The van der Waals surface area contributed by atoms with E-state index in [0.717, 1.165) is 30.3 Å². The normalized spacial score (nSPS) is 18.2. The summed E-state index contributed by atoms with van der Waals surface area (Å²) in [4.78, 5) is 0. The van der Waals surface area contributed by atoms with Gasteiger partial charge in [-0.25, -0.2) is 0 Å². The second kappa shape index (κ2) is 5.36. The fourth-order valence-corrected chi connectivity index (χ4v) is 2.48. The van der Waals surface area contributed by atoms with Crippen molar-refractivity contribution in [1.82, 2.24) is 0 Å². The molecular formula is C13H21NO. The predicted molar refractivity (Wildman–Crippen MR) is 61.7 cm³/mol. The van der Waals surface area contributed by atoms with Gasteiger partial charge in [-0.15, -0.1) is 0 Å². The summed E-state index contributed by atoms with van der Waals surface area (Å²) in [7, 11) is 0. The first-order valence-corrected chi connectivity index (χ1v) is 6.16. The number of rotatable bonds is 4. The van der Waals surface area contributed by atoms with E-state index >= 15 is 0 Å². The molecule has 2 N–H and O–H groups in total. The van der Waals surface area contributed by atoms with Gasteiger partial charge in [-0.05, 0) is 24.6 Å². The summed E-state index contributed by atoms with van der Waals surface area (Å²) in [6.45, 7) is 0.677. The molecule has 1 aliphatic rings. The van der Waals surface area contributed by atoms with Crippen molar-refractivity contribution in [3.8, 4) is 0 Å². The topological polar surface area (TPSA) is 39.2 Å². The third-order valence-corrected chi connectivity index (χ3v) is 3.32. The molecule has 0 radical (unpaired) electrons. The molecule has 1 saturated carbocycles. The first kappa shape index (κ1) is 10.7. The molecule has 0 aliphatic heterocycles. The molecule has 1 aliphatic carbocycles. The Hall–Kier alpha value is -0.760. The highest BCUT2D eigenvalue weighted by molar-refractivity contribution is 5.08. The van der Waals surface area contributed by atoms with Crippen LogP contribution in [-0.2, 0) is 12.8 Å². The van der Waals surface area contributed by atoms with E-state index in [1.54, 1.807) is 0 Å². The van der Waals surface area contributed by atoms with E-state index in [1.807, 2.05) is 0 Å². The van der Waals surface area contributed by atoms with Crippen molar-refractivity contribution < 1.29 is 4.42 Å². The molecule has 2 heteroatoms. The maximum Gasteiger partial charge on any atom is 0.105 e. The zero-order valence-electron chi connectivity index (χ0n) is 9.37. The molecule has 2 rings (SSSR count). The Labute approximate surface area is 91.8 Å². The Morgan fingerprint density at radius 1 is 1.13 bits per heavy atom. The van der Waals surface area contributed by atoms with Gasteiger partial charge < -0.3 is 10.2 Å². The molecule has 0 saturated heterocycles. The van der Waals surface area contributed by atoms with E-state index in [4.69, 9.17) is 10.2 Å². The van der Waals surface area contributed by atoms with Crippen LogP contribution in [0.15, 0.2) is 16.5 Å². The summed E-state index contributed by atoms with van der Waals surface area (Å²) < 4.78 is 5.75. The minimum absolute atomic E-state index is 0.677. The first-order valence-electron chi connectivity index (χ1n) is 6.16. The van der Waals surface area contributed by atoms with E-state index in [-0.39, 0.29) is 0 Å². The van der Waals surface area contributed by atoms with Crippen molar-refractivity contribution >= 4 is 0 Å². The molecular weight excluding hydrogens is 186 g/mol. The molecule has 0 aromatic carbocycles. The Kier molecular flexibility index (Phi) is 3.84. The van der Waals surface area contributed by atoms with Gasteiger partial charge in [0, 0.05) is 12.8 Å². The van der Waals surface area contributed by atoms with Gasteiger partial charge in [-0.1, -0.05) is 32.1 Å². The lowest BCUT2D eigenvalue weighted by Gasteiger charge is -2.20. The smallest absolute Gasteiger partial charge is 0.105 e. The summed E-state index contributed by atoms with van der Waals surface area (Å²) >= 11 is 0.